The minimum atomic E-state index is -0.928. The summed E-state index contributed by atoms with van der Waals surface area (Å²) in [6, 6.07) is 16.3. The van der Waals surface area contributed by atoms with Crippen LogP contribution in [0.2, 0.25) is 0 Å². The lowest BCUT2D eigenvalue weighted by molar-refractivity contribution is 0.398. The van der Waals surface area contributed by atoms with Crippen molar-refractivity contribution in [2.45, 2.75) is 18.9 Å². The van der Waals surface area contributed by atoms with E-state index in [0.29, 0.717) is 30.0 Å². The van der Waals surface area contributed by atoms with Crippen LogP contribution >= 0.6 is 0 Å². The summed E-state index contributed by atoms with van der Waals surface area (Å²) in [7, 11) is 1.48. The number of aryl methyl sites for hydroxylation is 2. The molecule has 1 saturated heterocycles. The van der Waals surface area contributed by atoms with Crippen LogP contribution < -0.4 is 4.74 Å². The quantitative estimate of drug-likeness (QED) is 0.215. The van der Waals surface area contributed by atoms with Crippen LogP contribution in [0, 0.1) is 23.3 Å². The standard InChI is InChI=1S/C28H21F4NO2/c1-34-24-13-9-19(14-33-24)21-10-8-18(25(29)26(21)30)7-4-16-2-5-17(6-3-16)20-11-12-22(23-15-35-23)28(32)27(20)31/h2-3,5-6,8-14,23H,4,7,15H2,1H3. The molecule has 3 aromatic carbocycles. The van der Waals surface area contributed by atoms with Gasteiger partial charge in [-0.3, -0.25) is 0 Å². The zero-order valence-corrected chi connectivity index (χ0v) is 18.8. The van der Waals surface area contributed by atoms with Crippen LogP contribution in [0.4, 0.5) is 17.6 Å². The van der Waals surface area contributed by atoms with Crippen LogP contribution in [-0.4, -0.2) is 18.7 Å². The SMILES string of the molecule is COc1ccc(-c2ccc(CCc3ccc(-c4ccc(C5CO5)c(F)c4F)cc3)c(F)c2F)cn1. The van der Waals surface area contributed by atoms with E-state index in [0.717, 1.165) is 5.56 Å². The number of rotatable bonds is 7. The average molecular weight is 479 g/mol. The minimum Gasteiger partial charge on any atom is -0.481 e. The third-order valence-corrected chi connectivity index (χ3v) is 6.16. The molecule has 1 atom stereocenters. The van der Waals surface area contributed by atoms with Crippen LogP contribution in [0.1, 0.15) is 22.8 Å². The van der Waals surface area contributed by atoms with Crippen LogP contribution in [0.15, 0.2) is 66.9 Å². The van der Waals surface area contributed by atoms with Gasteiger partial charge in [-0.05, 0) is 35.6 Å². The Bertz CT molecular complexity index is 1370. The van der Waals surface area contributed by atoms with Crippen molar-refractivity contribution in [2.24, 2.45) is 0 Å². The highest BCUT2D eigenvalue weighted by Gasteiger charge is 2.30. The number of halogens is 4. The highest BCUT2D eigenvalue weighted by molar-refractivity contribution is 5.66. The molecule has 5 rings (SSSR count). The zero-order valence-electron chi connectivity index (χ0n) is 18.8. The molecule has 4 aromatic rings. The third-order valence-electron chi connectivity index (χ3n) is 6.16. The second-order valence-corrected chi connectivity index (χ2v) is 8.34. The van der Waals surface area contributed by atoms with Crippen LogP contribution in [0.3, 0.4) is 0 Å². The Morgan fingerprint density at radius 2 is 1.43 bits per heavy atom. The molecule has 7 heteroatoms. The van der Waals surface area contributed by atoms with Crippen LogP contribution in [-0.2, 0) is 17.6 Å². The highest BCUT2D eigenvalue weighted by atomic mass is 19.2. The molecule has 1 unspecified atom stereocenters. The molecule has 3 nitrogen and oxygen atoms in total. The van der Waals surface area contributed by atoms with Crippen molar-refractivity contribution < 1.29 is 27.0 Å². The molecule has 0 bridgehead atoms. The van der Waals surface area contributed by atoms with E-state index in [-0.39, 0.29) is 34.8 Å². The summed E-state index contributed by atoms with van der Waals surface area (Å²) in [4.78, 5) is 4.04. The monoisotopic (exact) mass is 479 g/mol. The number of nitrogens with zero attached hydrogens (tertiary/aromatic N) is 1. The molecule has 1 fully saturated rings. The summed E-state index contributed by atoms with van der Waals surface area (Å²) in [5.74, 6) is -3.24. The first-order valence-electron chi connectivity index (χ1n) is 11.1. The molecular weight excluding hydrogens is 458 g/mol. The Kier molecular flexibility index (Phi) is 6.26. The smallest absolute Gasteiger partial charge is 0.212 e. The number of methoxy groups -OCH3 is 1. The summed E-state index contributed by atoms with van der Waals surface area (Å²) >= 11 is 0. The summed E-state index contributed by atoms with van der Waals surface area (Å²) in [5.41, 5.74) is 2.61. The maximum absolute atomic E-state index is 14.8. The van der Waals surface area contributed by atoms with Gasteiger partial charge in [0.25, 0.3) is 0 Å². The van der Waals surface area contributed by atoms with Gasteiger partial charge in [-0.15, -0.1) is 0 Å². The summed E-state index contributed by atoms with van der Waals surface area (Å²) in [6.45, 7) is 0.399. The van der Waals surface area contributed by atoms with Crippen molar-refractivity contribution in [3.05, 3.63) is 107 Å². The van der Waals surface area contributed by atoms with Crippen molar-refractivity contribution in [1.82, 2.24) is 4.98 Å². The average Bonchev–Trinajstić information content (AvgIpc) is 3.72. The van der Waals surface area contributed by atoms with Crippen molar-refractivity contribution >= 4 is 0 Å². The number of pyridine rings is 1. The molecule has 35 heavy (non-hydrogen) atoms. The molecule has 2 heterocycles. The fourth-order valence-corrected chi connectivity index (χ4v) is 4.06. The first kappa shape index (κ1) is 23.1. The van der Waals surface area contributed by atoms with Gasteiger partial charge in [0, 0.05) is 34.5 Å². The molecule has 0 saturated carbocycles. The van der Waals surface area contributed by atoms with E-state index in [1.54, 1.807) is 54.6 Å². The molecule has 0 spiro atoms. The number of hydrogen-bond acceptors (Lipinski definition) is 3. The summed E-state index contributed by atoms with van der Waals surface area (Å²) in [6.07, 6.45) is 1.80. The molecule has 0 N–H and O–H groups in total. The molecule has 1 aliphatic heterocycles. The molecule has 0 amide bonds. The minimum absolute atomic E-state index is 0.124. The normalized spacial score (nSPS) is 14.7. The number of benzene rings is 3. The molecule has 178 valence electrons. The van der Waals surface area contributed by atoms with Crippen molar-refractivity contribution in [1.29, 1.82) is 0 Å². The predicted molar refractivity (Wildman–Crippen MR) is 124 cm³/mol. The van der Waals surface area contributed by atoms with E-state index < -0.39 is 23.3 Å². The van der Waals surface area contributed by atoms with E-state index in [2.05, 4.69) is 4.98 Å². The number of aromatic nitrogens is 1. The molecule has 0 radical (unpaired) electrons. The van der Waals surface area contributed by atoms with Crippen molar-refractivity contribution in [3.63, 3.8) is 0 Å². The van der Waals surface area contributed by atoms with E-state index >= 15 is 0 Å². The van der Waals surface area contributed by atoms with Gasteiger partial charge in [0.1, 0.15) is 6.10 Å². The Morgan fingerprint density at radius 1 is 0.771 bits per heavy atom. The van der Waals surface area contributed by atoms with Gasteiger partial charge >= 0.3 is 0 Å². The lowest BCUT2D eigenvalue weighted by Crippen LogP contribution is -2.00. The van der Waals surface area contributed by atoms with Gasteiger partial charge in [0.15, 0.2) is 23.3 Å². The number of ether oxygens (including phenoxy) is 2. The van der Waals surface area contributed by atoms with E-state index in [1.165, 1.54) is 19.4 Å². The lowest BCUT2D eigenvalue weighted by Gasteiger charge is -2.10. The topological polar surface area (TPSA) is 34.6 Å². The summed E-state index contributed by atoms with van der Waals surface area (Å²) < 4.78 is 68.4. The Hall–Kier alpha value is -3.71. The summed E-state index contributed by atoms with van der Waals surface area (Å²) in [5, 5.41) is 0. The fourth-order valence-electron chi connectivity index (χ4n) is 4.06. The first-order chi connectivity index (χ1) is 17.0. The maximum atomic E-state index is 14.8. The Balaban J connectivity index is 1.29. The second-order valence-electron chi connectivity index (χ2n) is 8.34. The van der Waals surface area contributed by atoms with Gasteiger partial charge in [-0.1, -0.05) is 48.5 Å². The van der Waals surface area contributed by atoms with Crippen LogP contribution in [0.25, 0.3) is 22.3 Å². The van der Waals surface area contributed by atoms with Gasteiger partial charge in [-0.25, -0.2) is 22.5 Å². The second kappa shape index (κ2) is 9.50. The molecule has 0 aliphatic carbocycles. The van der Waals surface area contributed by atoms with Gasteiger partial charge in [-0.2, -0.15) is 0 Å². The van der Waals surface area contributed by atoms with E-state index in [4.69, 9.17) is 9.47 Å². The third kappa shape index (κ3) is 4.64. The van der Waals surface area contributed by atoms with Gasteiger partial charge in [0.05, 0.1) is 13.7 Å². The predicted octanol–water partition coefficient (Wildman–Crippen LogP) is 6.84. The number of hydrogen-bond donors (Lipinski definition) is 0. The maximum Gasteiger partial charge on any atom is 0.212 e. The van der Waals surface area contributed by atoms with E-state index in [9.17, 15) is 17.6 Å². The van der Waals surface area contributed by atoms with E-state index in [1.807, 2.05) is 0 Å². The van der Waals surface area contributed by atoms with Crippen LogP contribution in [0.5, 0.6) is 5.88 Å². The first-order valence-corrected chi connectivity index (χ1v) is 11.1. The Labute approximate surface area is 200 Å². The molecular formula is C28H21F4NO2. The van der Waals surface area contributed by atoms with Gasteiger partial charge in [0.2, 0.25) is 5.88 Å². The molecule has 1 aromatic heterocycles. The lowest BCUT2D eigenvalue weighted by atomic mass is 9.97. The number of epoxide rings is 1. The molecule has 1 aliphatic rings. The zero-order chi connectivity index (χ0) is 24.5. The highest BCUT2D eigenvalue weighted by Crippen LogP contribution is 2.36. The van der Waals surface area contributed by atoms with Crippen molar-refractivity contribution in [2.75, 3.05) is 13.7 Å². The van der Waals surface area contributed by atoms with Gasteiger partial charge < -0.3 is 9.47 Å². The Morgan fingerprint density at radius 3 is 2.09 bits per heavy atom. The fraction of sp³-hybridized carbons (Fsp3) is 0.179. The van der Waals surface area contributed by atoms with Crippen molar-refractivity contribution in [3.8, 4) is 28.1 Å². The largest absolute Gasteiger partial charge is 0.481 e.